The number of pyridine rings is 1. The van der Waals surface area contributed by atoms with Crippen molar-refractivity contribution in [2.45, 2.75) is 44.2 Å². The molecule has 122 valence electrons. The van der Waals surface area contributed by atoms with Crippen LogP contribution in [0.5, 0.6) is 0 Å². The second-order valence-electron chi connectivity index (χ2n) is 6.61. The molecule has 0 radical (unpaired) electrons. The topological polar surface area (TPSA) is 58.3 Å². The van der Waals surface area contributed by atoms with E-state index in [-0.39, 0.29) is 0 Å². The molecular weight excluding hydrogens is 290 g/mol. The first-order valence-electron chi connectivity index (χ1n) is 8.48. The van der Waals surface area contributed by atoms with E-state index in [0.29, 0.717) is 12.0 Å². The van der Waals surface area contributed by atoms with E-state index in [1.807, 2.05) is 18.3 Å². The van der Waals surface area contributed by atoms with E-state index >= 15 is 0 Å². The van der Waals surface area contributed by atoms with E-state index in [9.17, 15) is 0 Å². The molecule has 2 aromatic heterocycles. The Morgan fingerprint density at radius 1 is 1.17 bits per heavy atom. The minimum Gasteiger partial charge on any atom is -0.424 e. The van der Waals surface area contributed by atoms with Crippen molar-refractivity contribution in [3.63, 3.8) is 0 Å². The van der Waals surface area contributed by atoms with Crippen molar-refractivity contribution in [1.29, 1.82) is 0 Å². The molecule has 3 heterocycles. The summed E-state index contributed by atoms with van der Waals surface area (Å²) in [5.74, 6) is 3.19. The van der Waals surface area contributed by atoms with Crippen molar-refractivity contribution in [3.8, 4) is 0 Å². The summed E-state index contributed by atoms with van der Waals surface area (Å²) in [6.07, 6.45) is 6.53. The fraction of sp³-hybridized carbons (Fsp3) is 0.588. The van der Waals surface area contributed by atoms with E-state index in [1.165, 1.54) is 12.8 Å². The lowest BCUT2D eigenvalue weighted by molar-refractivity contribution is 0.185. The van der Waals surface area contributed by atoms with Crippen LogP contribution in [-0.2, 0) is 6.54 Å². The SMILES string of the molecule is CN(c1ccccn1)C1CCN(Cc2nnc(C3CC3)o2)CC1. The van der Waals surface area contributed by atoms with E-state index in [4.69, 9.17) is 4.42 Å². The highest BCUT2D eigenvalue weighted by Gasteiger charge is 2.30. The highest BCUT2D eigenvalue weighted by molar-refractivity contribution is 5.38. The van der Waals surface area contributed by atoms with Crippen molar-refractivity contribution >= 4 is 5.82 Å². The van der Waals surface area contributed by atoms with Gasteiger partial charge in [-0.05, 0) is 37.8 Å². The molecule has 6 heteroatoms. The average molecular weight is 313 g/mol. The Bertz CT molecular complexity index is 631. The molecule has 1 saturated carbocycles. The standard InChI is InChI=1S/C17H23N5O/c1-21(15-4-2-3-9-18-15)14-7-10-22(11-8-14)12-16-19-20-17(23-16)13-5-6-13/h2-4,9,13-14H,5-8,10-12H2,1H3. The molecule has 0 atom stereocenters. The summed E-state index contributed by atoms with van der Waals surface area (Å²) >= 11 is 0. The lowest BCUT2D eigenvalue weighted by Crippen LogP contribution is -2.43. The molecule has 6 nitrogen and oxygen atoms in total. The Morgan fingerprint density at radius 3 is 2.70 bits per heavy atom. The van der Waals surface area contributed by atoms with Crippen molar-refractivity contribution in [2.24, 2.45) is 0 Å². The normalized spacial score (nSPS) is 19.9. The molecule has 0 unspecified atom stereocenters. The van der Waals surface area contributed by atoms with Crippen LogP contribution in [0.4, 0.5) is 5.82 Å². The molecule has 2 aliphatic rings. The second kappa shape index (κ2) is 6.28. The maximum Gasteiger partial charge on any atom is 0.230 e. The van der Waals surface area contributed by atoms with E-state index in [2.05, 4.69) is 38.1 Å². The van der Waals surface area contributed by atoms with Gasteiger partial charge in [0, 0.05) is 38.3 Å². The van der Waals surface area contributed by atoms with Crippen LogP contribution >= 0.6 is 0 Å². The van der Waals surface area contributed by atoms with Crippen LogP contribution in [0.25, 0.3) is 0 Å². The molecule has 2 aromatic rings. The molecule has 0 aromatic carbocycles. The predicted octanol–water partition coefficient (Wildman–Crippen LogP) is 2.44. The van der Waals surface area contributed by atoms with Crippen molar-refractivity contribution in [2.75, 3.05) is 25.0 Å². The van der Waals surface area contributed by atoms with E-state index in [0.717, 1.165) is 50.1 Å². The zero-order valence-corrected chi connectivity index (χ0v) is 13.6. The zero-order valence-electron chi connectivity index (χ0n) is 13.6. The van der Waals surface area contributed by atoms with Crippen molar-refractivity contribution < 1.29 is 4.42 Å². The Balaban J connectivity index is 1.30. The molecule has 1 aliphatic carbocycles. The zero-order chi connectivity index (χ0) is 15.6. The largest absolute Gasteiger partial charge is 0.424 e. The van der Waals surface area contributed by atoms with Gasteiger partial charge in [-0.1, -0.05) is 6.07 Å². The highest BCUT2D eigenvalue weighted by Crippen LogP contribution is 2.39. The smallest absolute Gasteiger partial charge is 0.230 e. The van der Waals surface area contributed by atoms with Gasteiger partial charge >= 0.3 is 0 Å². The van der Waals surface area contributed by atoms with Crippen LogP contribution in [0.1, 0.15) is 43.4 Å². The number of aromatic nitrogens is 3. The number of rotatable bonds is 5. The number of likely N-dealkylation sites (tertiary alicyclic amines) is 1. The van der Waals surface area contributed by atoms with Crippen LogP contribution < -0.4 is 4.90 Å². The molecule has 4 rings (SSSR count). The summed E-state index contributed by atoms with van der Waals surface area (Å²) in [5, 5.41) is 8.36. The fourth-order valence-electron chi connectivity index (χ4n) is 3.23. The molecule has 0 bridgehead atoms. The minimum absolute atomic E-state index is 0.536. The molecule has 1 saturated heterocycles. The van der Waals surface area contributed by atoms with Crippen LogP contribution in [0.15, 0.2) is 28.8 Å². The highest BCUT2D eigenvalue weighted by atomic mass is 16.4. The third-order valence-corrected chi connectivity index (χ3v) is 4.88. The third-order valence-electron chi connectivity index (χ3n) is 4.88. The Hall–Kier alpha value is -1.95. The van der Waals surface area contributed by atoms with Gasteiger partial charge in [0.1, 0.15) is 5.82 Å². The van der Waals surface area contributed by atoms with Gasteiger partial charge in [-0.3, -0.25) is 4.90 Å². The predicted molar refractivity (Wildman–Crippen MR) is 87.2 cm³/mol. The second-order valence-corrected chi connectivity index (χ2v) is 6.61. The number of hydrogen-bond donors (Lipinski definition) is 0. The molecule has 0 spiro atoms. The maximum atomic E-state index is 5.77. The Kier molecular flexibility index (Phi) is 3.99. The summed E-state index contributed by atoms with van der Waals surface area (Å²) < 4.78 is 5.77. The molecular formula is C17H23N5O. The Morgan fingerprint density at radius 2 is 2.00 bits per heavy atom. The number of piperidine rings is 1. The monoisotopic (exact) mass is 313 g/mol. The molecule has 0 amide bonds. The molecule has 23 heavy (non-hydrogen) atoms. The Labute approximate surface area is 136 Å². The minimum atomic E-state index is 0.536. The molecule has 2 fully saturated rings. The first-order valence-corrected chi connectivity index (χ1v) is 8.48. The number of anilines is 1. The summed E-state index contributed by atoms with van der Waals surface area (Å²) in [6, 6.07) is 6.62. The lowest BCUT2D eigenvalue weighted by atomic mass is 10.0. The van der Waals surface area contributed by atoms with E-state index < -0.39 is 0 Å². The van der Waals surface area contributed by atoms with Crippen LogP contribution in [0, 0.1) is 0 Å². The summed E-state index contributed by atoms with van der Waals surface area (Å²) in [5.41, 5.74) is 0. The van der Waals surface area contributed by atoms with Crippen LogP contribution in [0.2, 0.25) is 0 Å². The summed E-state index contributed by atoms with van der Waals surface area (Å²) in [4.78, 5) is 9.16. The van der Waals surface area contributed by atoms with Crippen LogP contribution in [0.3, 0.4) is 0 Å². The van der Waals surface area contributed by atoms with Crippen LogP contribution in [-0.4, -0.2) is 46.3 Å². The molecule has 1 aliphatic heterocycles. The van der Waals surface area contributed by atoms with Gasteiger partial charge < -0.3 is 9.32 Å². The number of nitrogens with zero attached hydrogens (tertiary/aromatic N) is 5. The maximum absolute atomic E-state index is 5.77. The van der Waals surface area contributed by atoms with Crippen molar-refractivity contribution in [3.05, 3.63) is 36.2 Å². The first-order chi connectivity index (χ1) is 11.3. The summed E-state index contributed by atoms with van der Waals surface area (Å²) in [7, 11) is 2.14. The quantitative estimate of drug-likeness (QED) is 0.845. The summed E-state index contributed by atoms with van der Waals surface area (Å²) in [6.45, 7) is 2.89. The lowest BCUT2D eigenvalue weighted by Gasteiger charge is -2.36. The van der Waals surface area contributed by atoms with Gasteiger partial charge in [0.05, 0.1) is 6.54 Å². The van der Waals surface area contributed by atoms with Gasteiger partial charge in [-0.2, -0.15) is 0 Å². The van der Waals surface area contributed by atoms with Gasteiger partial charge in [0.15, 0.2) is 0 Å². The van der Waals surface area contributed by atoms with Crippen molar-refractivity contribution in [1.82, 2.24) is 20.1 Å². The first kappa shape index (κ1) is 14.6. The van der Waals surface area contributed by atoms with Gasteiger partial charge in [-0.25, -0.2) is 4.98 Å². The van der Waals surface area contributed by atoms with Gasteiger partial charge in [-0.15, -0.1) is 10.2 Å². The third kappa shape index (κ3) is 3.37. The average Bonchev–Trinajstić information content (AvgIpc) is 3.36. The van der Waals surface area contributed by atoms with Gasteiger partial charge in [0.25, 0.3) is 0 Å². The number of hydrogen-bond acceptors (Lipinski definition) is 6. The van der Waals surface area contributed by atoms with Gasteiger partial charge in [0.2, 0.25) is 11.8 Å². The fourth-order valence-corrected chi connectivity index (χ4v) is 3.23. The van der Waals surface area contributed by atoms with E-state index in [1.54, 1.807) is 0 Å². The molecule has 0 N–H and O–H groups in total.